The first-order valence-electron chi connectivity index (χ1n) is 19.1. The molecule has 4 aliphatic rings. The van der Waals surface area contributed by atoms with Gasteiger partial charge in [-0.2, -0.15) is 0 Å². The maximum atomic E-state index is 5.00. The highest BCUT2D eigenvalue weighted by atomic mass is 28.4. The number of nitrogens with zero attached hydrogens (tertiary/aromatic N) is 5. The van der Waals surface area contributed by atoms with E-state index in [-0.39, 0.29) is 0 Å². The maximum absolute atomic E-state index is 5.00. The van der Waals surface area contributed by atoms with Crippen molar-refractivity contribution in [2.24, 2.45) is 0 Å². The molecule has 0 bridgehead atoms. The second-order valence-electron chi connectivity index (χ2n) is 16.4. The standard InChI is InChI=1S/C43H63N5Si/c1-28(2)37-21-17-22-38(29(3)4)42(37)47-32(9)25-33(10)48(43-39(30(5)6)23-18-24-40(43)31(7)8)49(47)27-45-35(12)34(11)44(13)41(45)26-46(49)36-19-15-14-16-20-36/h17-18,21-26,28-31,36H,9,14-16,19-20,27H2,1-8,10-13H3. The van der Waals surface area contributed by atoms with Gasteiger partial charge in [-0.1, -0.05) is 118 Å². The van der Waals surface area contributed by atoms with Gasteiger partial charge in [0.05, 0.1) is 6.17 Å². The Morgan fingerprint density at radius 3 is 1.61 bits per heavy atom. The van der Waals surface area contributed by atoms with Crippen molar-refractivity contribution in [3.8, 4) is 0 Å². The van der Waals surface area contributed by atoms with Crippen LogP contribution in [0.5, 0.6) is 0 Å². The molecular formula is C43H63N5Si. The van der Waals surface area contributed by atoms with Crippen molar-refractivity contribution in [3.05, 3.63) is 106 Å². The molecule has 6 heteroatoms. The molecule has 0 N–H and O–H groups in total. The van der Waals surface area contributed by atoms with E-state index in [1.165, 1.54) is 88.6 Å². The van der Waals surface area contributed by atoms with Crippen molar-refractivity contribution in [3.63, 3.8) is 0 Å². The fraction of sp³-hybridized carbons (Fsp3) is 0.535. The Hall–Kier alpha value is -3.38. The lowest BCUT2D eigenvalue weighted by Gasteiger charge is -2.63. The molecule has 0 saturated heterocycles. The van der Waals surface area contributed by atoms with Crippen LogP contribution >= 0.6 is 0 Å². The topological polar surface area (TPSA) is 16.2 Å². The summed E-state index contributed by atoms with van der Waals surface area (Å²) in [5.74, 6) is 2.85. The van der Waals surface area contributed by atoms with Gasteiger partial charge >= 0.3 is 8.56 Å². The smallest absolute Gasteiger partial charge is 0.363 e. The second-order valence-corrected chi connectivity index (χ2v) is 19.7. The van der Waals surface area contributed by atoms with Gasteiger partial charge in [0.15, 0.2) is 0 Å². The van der Waals surface area contributed by atoms with Gasteiger partial charge in [0.1, 0.15) is 5.82 Å². The zero-order valence-corrected chi connectivity index (χ0v) is 33.7. The van der Waals surface area contributed by atoms with Crippen LogP contribution in [0.3, 0.4) is 0 Å². The van der Waals surface area contributed by atoms with Crippen LogP contribution in [0.1, 0.15) is 154 Å². The molecule has 1 fully saturated rings. The van der Waals surface area contributed by atoms with Gasteiger partial charge in [0.25, 0.3) is 0 Å². The summed E-state index contributed by atoms with van der Waals surface area (Å²) < 4.78 is 8.76. The van der Waals surface area contributed by atoms with Gasteiger partial charge in [-0.25, -0.2) is 0 Å². The number of para-hydroxylation sites is 2. The first-order chi connectivity index (χ1) is 23.2. The molecule has 1 aliphatic carbocycles. The highest BCUT2D eigenvalue weighted by Crippen LogP contribution is 2.52. The van der Waals surface area contributed by atoms with E-state index in [2.05, 4.69) is 155 Å². The predicted molar refractivity (Wildman–Crippen MR) is 212 cm³/mol. The average Bonchev–Trinajstić information content (AvgIpc) is 3.26. The fourth-order valence-electron chi connectivity index (χ4n) is 9.17. The average molecular weight is 678 g/mol. The molecule has 0 aromatic heterocycles. The number of hydrogen-bond donors (Lipinski definition) is 0. The van der Waals surface area contributed by atoms with Crippen LogP contribution in [0, 0.1) is 0 Å². The molecule has 1 atom stereocenters. The Bertz CT molecular complexity index is 1640. The zero-order chi connectivity index (χ0) is 35.5. The van der Waals surface area contributed by atoms with Crippen LogP contribution in [0.15, 0.2) is 83.9 Å². The Morgan fingerprint density at radius 2 is 1.14 bits per heavy atom. The number of hydrogen-bond acceptors (Lipinski definition) is 5. The minimum absolute atomic E-state index is 0.377. The summed E-state index contributed by atoms with van der Waals surface area (Å²) in [6.45, 7) is 31.0. The van der Waals surface area contributed by atoms with E-state index in [1.54, 1.807) is 0 Å². The summed E-state index contributed by atoms with van der Waals surface area (Å²) in [6, 6.07) is 14.7. The molecule has 1 saturated carbocycles. The van der Waals surface area contributed by atoms with Crippen molar-refractivity contribution >= 4 is 19.9 Å². The maximum Gasteiger partial charge on any atom is 0.409 e. The highest BCUT2D eigenvalue weighted by Gasteiger charge is 2.62. The van der Waals surface area contributed by atoms with E-state index >= 15 is 0 Å². The minimum Gasteiger partial charge on any atom is -0.363 e. The van der Waals surface area contributed by atoms with Crippen molar-refractivity contribution < 1.29 is 0 Å². The Balaban J connectivity index is 1.80. The quantitative estimate of drug-likeness (QED) is 0.270. The number of anilines is 2. The molecular weight excluding hydrogens is 615 g/mol. The molecule has 2 aromatic rings. The van der Waals surface area contributed by atoms with Crippen molar-refractivity contribution in [2.75, 3.05) is 22.3 Å². The summed E-state index contributed by atoms with van der Waals surface area (Å²) in [4.78, 5) is 5.11. The number of rotatable bonds is 7. The monoisotopic (exact) mass is 677 g/mol. The van der Waals surface area contributed by atoms with Gasteiger partial charge in [-0.05, 0) is 85.6 Å². The number of allylic oxidation sites excluding steroid dienone is 4. The molecule has 3 aliphatic heterocycles. The lowest BCUT2D eigenvalue weighted by atomic mass is 9.92. The lowest BCUT2D eigenvalue weighted by molar-refractivity contribution is 0.260. The number of fused-ring (bicyclic) bond motifs is 1. The SMILES string of the molecule is C=C1C=C(C)N(c2c(C(C)C)cccc2C(C)C)[Si]2(CN3C(=CN2C2CCCCC2)N(C)C(C)=C3C)N1c1c(C(C)C)cccc1C(C)C. The summed E-state index contributed by atoms with van der Waals surface area (Å²) >= 11 is 0. The third-order valence-corrected chi connectivity index (χ3v) is 16.5. The van der Waals surface area contributed by atoms with E-state index in [9.17, 15) is 0 Å². The highest BCUT2D eigenvalue weighted by molar-refractivity contribution is 6.86. The first kappa shape index (κ1) is 35.4. The van der Waals surface area contributed by atoms with E-state index < -0.39 is 8.56 Å². The summed E-state index contributed by atoms with van der Waals surface area (Å²) in [6.07, 6.45) is 12.3. The van der Waals surface area contributed by atoms with Crippen LogP contribution < -0.4 is 9.13 Å². The largest absolute Gasteiger partial charge is 0.409 e. The Labute approximate surface area is 299 Å². The summed E-state index contributed by atoms with van der Waals surface area (Å²) in [5.41, 5.74) is 13.7. The Kier molecular flexibility index (Phi) is 9.69. The zero-order valence-electron chi connectivity index (χ0n) is 32.7. The van der Waals surface area contributed by atoms with Crippen LogP contribution in [-0.4, -0.2) is 42.2 Å². The van der Waals surface area contributed by atoms with E-state index in [1.807, 2.05) is 0 Å². The molecule has 2 aromatic carbocycles. The normalized spacial score (nSPS) is 22.1. The first-order valence-corrected chi connectivity index (χ1v) is 21.2. The van der Waals surface area contributed by atoms with Crippen molar-refractivity contribution in [2.45, 2.75) is 138 Å². The number of benzene rings is 2. The summed E-state index contributed by atoms with van der Waals surface area (Å²) in [7, 11) is -0.765. The molecule has 3 heterocycles. The lowest BCUT2D eigenvalue weighted by Crippen LogP contribution is -2.82. The van der Waals surface area contributed by atoms with Gasteiger partial charge in [-0.15, -0.1) is 0 Å². The van der Waals surface area contributed by atoms with Gasteiger partial charge in [0, 0.05) is 53.5 Å². The Morgan fingerprint density at radius 1 is 0.673 bits per heavy atom. The second kappa shape index (κ2) is 13.4. The molecule has 1 unspecified atom stereocenters. The van der Waals surface area contributed by atoms with Gasteiger partial charge < -0.3 is 23.5 Å². The third kappa shape index (κ3) is 5.66. The van der Waals surface area contributed by atoms with Crippen LogP contribution in [0.2, 0.25) is 0 Å². The molecule has 0 amide bonds. The van der Waals surface area contributed by atoms with Gasteiger partial charge in [0.2, 0.25) is 0 Å². The molecule has 49 heavy (non-hydrogen) atoms. The predicted octanol–water partition coefficient (Wildman–Crippen LogP) is 11.3. The van der Waals surface area contributed by atoms with E-state index in [4.69, 9.17) is 6.58 Å². The molecule has 0 radical (unpaired) electrons. The van der Waals surface area contributed by atoms with Gasteiger partial charge in [-0.3, -0.25) is 0 Å². The minimum atomic E-state index is -3.03. The molecule has 264 valence electrons. The fourth-order valence-corrected chi connectivity index (χ4v) is 14.7. The molecule has 1 spiro atoms. The van der Waals surface area contributed by atoms with Crippen molar-refractivity contribution in [1.29, 1.82) is 0 Å². The molecule has 5 nitrogen and oxygen atoms in total. The summed E-state index contributed by atoms with van der Waals surface area (Å²) in [5, 5.41) is 0. The van der Waals surface area contributed by atoms with Crippen LogP contribution in [0.25, 0.3) is 0 Å². The van der Waals surface area contributed by atoms with Crippen molar-refractivity contribution in [1.82, 2.24) is 14.4 Å². The van der Waals surface area contributed by atoms with Crippen LogP contribution in [0.4, 0.5) is 11.4 Å². The van der Waals surface area contributed by atoms with E-state index in [0.29, 0.717) is 29.7 Å². The van der Waals surface area contributed by atoms with E-state index in [0.717, 1.165) is 11.9 Å². The third-order valence-electron chi connectivity index (χ3n) is 11.9. The molecule has 6 rings (SSSR count). The van der Waals surface area contributed by atoms with Crippen LogP contribution in [-0.2, 0) is 0 Å².